The molecule has 3 rings (SSSR count). The fraction of sp³-hybridized carbons (Fsp3) is 0.111. The number of methoxy groups -OCH3 is 1. The van der Waals surface area contributed by atoms with E-state index in [0.717, 1.165) is 0 Å². The first-order chi connectivity index (χ1) is 12.5. The lowest BCUT2D eigenvalue weighted by molar-refractivity contribution is -0.129. The Hall–Kier alpha value is -2.93. The number of hydrogen-bond acceptors (Lipinski definition) is 5. The number of nitrogens with zero attached hydrogens (tertiary/aromatic N) is 1. The topological polar surface area (TPSA) is 57.1 Å². The van der Waals surface area contributed by atoms with E-state index in [2.05, 4.69) is 9.73 Å². The fourth-order valence-corrected chi connectivity index (χ4v) is 2.48. The standard InChI is InChI=1S/C18H12ClF2NO4/c1-24-15-9-11(5-6-14(15)25-18(20)21)16-22-13(17(23)26-16)8-10-3-2-4-12(19)7-10/h2-9,18H,1H3/b13-8-. The van der Waals surface area contributed by atoms with Crippen molar-refractivity contribution in [1.29, 1.82) is 0 Å². The van der Waals surface area contributed by atoms with E-state index in [9.17, 15) is 13.6 Å². The molecule has 8 heteroatoms. The molecular weight excluding hydrogens is 368 g/mol. The number of hydrogen-bond donors (Lipinski definition) is 0. The Balaban J connectivity index is 1.91. The highest BCUT2D eigenvalue weighted by molar-refractivity contribution is 6.30. The van der Waals surface area contributed by atoms with Crippen LogP contribution in [0.4, 0.5) is 8.78 Å². The number of aliphatic imine (C=N–C) groups is 1. The van der Waals surface area contributed by atoms with Crippen molar-refractivity contribution in [2.75, 3.05) is 7.11 Å². The molecule has 134 valence electrons. The normalized spacial score (nSPS) is 15.2. The molecule has 0 spiro atoms. The highest BCUT2D eigenvalue weighted by Crippen LogP contribution is 2.31. The SMILES string of the molecule is COc1cc(C2=N/C(=C\c3cccc(Cl)c3)C(=O)O2)ccc1OC(F)F. The van der Waals surface area contributed by atoms with Crippen LogP contribution < -0.4 is 9.47 Å². The average Bonchev–Trinajstić information content (AvgIpc) is 2.95. The summed E-state index contributed by atoms with van der Waals surface area (Å²) in [5.74, 6) is -0.670. The fourth-order valence-electron chi connectivity index (χ4n) is 2.28. The summed E-state index contributed by atoms with van der Waals surface area (Å²) in [4.78, 5) is 16.2. The molecule has 0 saturated carbocycles. The molecule has 2 aromatic carbocycles. The van der Waals surface area contributed by atoms with E-state index < -0.39 is 12.6 Å². The molecule has 26 heavy (non-hydrogen) atoms. The summed E-state index contributed by atoms with van der Waals surface area (Å²) in [5, 5.41) is 0.522. The van der Waals surface area contributed by atoms with E-state index in [-0.39, 0.29) is 23.1 Å². The van der Waals surface area contributed by atoms with Gasteiger partial charge in [0.1, 0.15) is 0 Å². The van der Waals surface area contributed by atoms with Crippen LogP contribution in [0, 0.1) is 0 Å². The van der Waals surface area contributed by atoms with Gasteiger partial charge in [-0.25, -0.2) is 9.79 Å². The van der Waals surface area contributed by atoms with Crippen molar-refractivity contribution in [3.05, 3.63) is 64.3 Å². The van der Waals surface area contributed by atoms with Crippen LogP contribution in [-0.4, -0.2) is 25.6 Å². The van der Waals surface area contributed by atoms with E-state index in [0.29, 0.717) is 16.1 Å². The minimum atomic E-state index is -2.98. The number of ether oxygens (including phenoxy) is 3. The van der Waals surface area contributed by atoms with Gasteiger partial charge in [0.2, 0.25) is 5.90 Å². The zero-order chi connectivity index (χ0) is 18.7. The van der Waals surface area contributed by atoms with Gasteiger partial charge >= 0.3 is 12.6 Å². The van der Waals surface area contributed by atoms with Crippen molar-refractivity contribution in [1.82, 2.24) is 0 Å². The van der Waals surface area contributed by atoms with E-state index in [4.69, 9.17) is 21.1 Å². The molecule has 0 bridgehead atoms. The van der Waals surface area contributed by atoms with E-state index in [1.807, 2.05) is 0 Å². The summed E-state index contributed by atoms with van der Waals surface area (Å²) >= 11 is 5.92. The molecule has 1 heterocycles. The van der Waals surface area contributed by atoms with Crippen molar-refractivity contribution in [3.63, 3.8) is 0 Å². The van der Waals surface area contributed by atoms with Crippen molar-refractivity contribution in [2.45, 2.75) is 6.61 Å². The number of rotatable bonds is 5. The number of alkyl halides is 2. The average molecular weight is 380 g/mol. The van der Waals surface area contributed by atoms with E-state index >= 15 is 0 Å². The highest BCUT2D eigenvalue weighted by atomic mass is 35.5. The van der Waals surface area contributed by atoms with Crippen LogP contribution in [0.5, 0.6) is 11.5 Å². The third-order valence-corrected chi connectivity index (χ3v) is 3.63. The first-order valence-corrected chi connectivity index (χ1v) is 7.75. The molecule has 0 radical (unpaired) electrons. The van der Waals surface area contributed by atoms with Crippen LogP contribution in [-0.2, 0) is 9.53 Å². The quantitative estimate of drug-likeness (QED) is 0.574. The highest BCUT2D eigenvalue weighted by Gasteiger charge is 2.25. The van der Waals surface area contributed by atoms with Gasteiger partial charge in [-0.15, -0.1) is 0 Å². The monoisotopic (exact) mass is 379 g/mol. The van der Waals surface area contributed by atoms with Crippen LogP contribution >= 0.6 is 11.6 Å². The summed E-state index contributed by atoms with van der Waals surface area (Å²) in [6.45, 7) is -2.98. The van der Waals surface area contributed by atoms with Crippen molar-refractivity contribution in [2.24, 2.45) is 4.99 Å². The smallest absolute Gasteiger partial charge is 0.387 e. The number of carbonyl (C=O) groups is 1. The Morgan fingerprint density at radius 2 is 2.00 bits per heavy atom. The van der Waals surface area contributed by atoms with E-state index in [1.54, 1.807) is 24.3 Å². The molecule has 5 nitrogen and oxygen atoms in total. The molecule has 2 aromatic rings. The molecule has 1 aliphatic rings. The third-order valence-electron chi connectivity index (χ3n) is 3.40. The third kappa shape index (κ3) is 4.00. The van der Waals surface area contributed by atoms with Gasteiger partial charge in [0.25, 0.3) is 0 Å². The second-order valence-corrected chi connectivity index (χ2v) is 5.57. The minimum absolute atomic E-state index is 0.0326. The molecule has 1 aliphatic heterocycles. The van der Waals surface area contributed by atoms with Crippen LogP contribution in [0.1, 0.15) is 11.1 Å². The van der Waals surface area contributed by atoms with Crippen molar-refractivity contribution in [3.8, 4) is 11.5 Å². The Morgan fingerprint density at radius 3 is 2.69 bits per heavy atom. The number of benzene rings is 2. The predicted octanol–water partition coefficient (Wildman–Crippen LogP) is 4.29. The van der Waals surface area contributed by atoms with Crippen LogP contribution in [0.25, 0.3) is 6.08 Å². The number of carbonyl (C=O) groups excluding carboxylic acids is 1. The Kier molecular flexibility index (Phi) is 5.18. The number of halogens is 3. The Labute approximate surface area is 152 Å². The number of cyclic esters (lactones) is 1. The first kappa shape index (κ1) is 17.9. The molecule has 0 aromatic heterocycles. The molecular formula is C18H12ClF2NO4. The maximum absolute atomic E-state index is 12.4. The van der Waals surface area contributed by atoms with Crippen LogP contribution in [0.2, 0.25) is 5.02 Å². The molecule has 0 aliphatic carbocycles. The molecule has 0 saturated heterocycles. The lowest BCUT2D eigenvalue weighted by atomic mass is 10.2. The van der Waals surface area contributed by atoms with Gasteiger partial charge < -0.3 is 14.2 Å². The van der Waals surface area contributed by atoms with Gasteiger partial charge in [-0.1, -0.05) is 23.7 Å². The summed E-state index contributed by atoms with van der Waals surface area (Å²) in [5.41, 5.74) is 1.16. The van der Waals surface area contributed by atoms with Crippen LogP contribution in [0.3, 0.4) is 0 Å². The zero-order valence-electron chi connectivity index (χ0n) is 13.4. The van der Waals surface area contributed by atoms with Crippen molar-refractivity contribution < 1.29 is 27.8 Å². The van der Waals surface area contributed by atoms with Gasteiger partial charge in [-0.2, -0.15) is 8.78 Å². The predicted molar refractivity (Wildman–Crippen MR) is 91.7 cm³/mol. The molecule has 0 N–H and O–H groups in total. The summed E-state index contributed by atoms with van der Waals surface area (Å²) in [7, 11) is 1.31. The second kappa shape index (κ2) is 7.53. The summed E-state index contributed by atoms with van der Waals surface area (Å²) in [6, 6.07) is 11.0. The molecule has 0 fully saturated rings. The van der Waals surface area contributed by atoms with Crippen LogP contribution in [0.15, 0.2) is 53.2 Å². The van der Waals surface area contributed by atoms with Gasteiger partial charge in [0, 0.05) is 10.6 Å². The number of esters is 1. The van der Waals surface area contributed by atoms with E-state index in [1.165, 1.54) is 31.4 Å². The van der Waals surface area contributed by atoms with Gasteiger partial charge in [0.05, 0.1) is 7.11 Å². The summed E-state index contributed by atoms with van der Waals surface area (Å²) < 4.78 is 39.3. The van der Waals surface area contributed by atoms with Crippen molar-refractivity contribution >= 4 is 29.5 Å². The Morgan fingerprint density at radius 1 is 1.19 bits per heavy atom. The lowest BCUT2D eigenvalue weighted by Crippen LogP contribution is -2.07. The molecule has 0 amide bonds. The van der Waals surface area contributed by atoms with Gasteiger partial charge in [0.15, 0.2) is 17.2 Å². The molecule has 0 atom stereocenters. The lowest BCUT2D eigenvalue weighted by Gasteiger charge is -2.10. The Bertz CT molecular complexity index is 912. The maximum atomic E-state index is 12.4. The maximum Gasteiger partial charge on any atom is 0.387 e. The van der Waals surface area contributed by atoms with Gasteiger partial charge in [-0.05, 0) is 42.0 Å². The zero-order valence-corrected chi connectivity index (χ0v) is 14.2. The summed E-state index contributed by atoms with van der Waals surface area (Å²) in [6.07, 6.45) is 1.53. The second-order valence-electron chi connectivity index (χ2n) is 5.14. The first-order valence-electron chi connectivity index (χ1n) is 7.37. The molecule has 0 unspecified atom stereocenters. The largest absolute Gasteiger partial charge is 0.493 e. The van der Waals surface area contributed by atoms with Gasteiger partial charge in [-0.3, -0.25) is 0 Å². The minimum Gasteiger partial charge on any atom is -0.493 e.